The van der Waals surface area contributed by atoms with Crippen LogP contribution in [0.1, 0.15) is 51.5 Å². The van der Waals surface area contributed by atoms with Crippen LogP contribution in [-0.4, -0.2) is 30.2 Å². The van der Waals surface area contributed by atoms with Gasteiger partial charge in [-0.2, -0.15) is 0 Å². The van der Waals surface area contributed by atoms with Gasteiger partial charge in [-0.1, -0.05) is 36.4 Å². The fourth-order valence-corrected chi connectivity index (χ4v) is 5.17. The Balaban J connectivity index is 1.28. The third kappa shape index (κ3) is 4.56. The van der Waals surface area contributed by atoms with Gasteiger partial charge >= 0.3 is 5.97 Å². The number of anilines is 1. The van der Waals surface area contributed by atoms with E-state index in [1.54, 1.807) is 12.1 Å². The number of fused-ring (bicyclic) bond motifs is 1. The van der Waals surface area contributed by atoms with Crippen molar-refractivity contribution in [2.24, 2.45) is 11.8 Å². The molecule has 3 atom stereocenters. The monoisotopic (exact) mass is 485 g/mol. The van der Waals surface area contributed by atoms with Crippen LogP contribution in [0.4, 0.5) is 10.1 Å². The first kappa shape index (κ1) is 23.6. The van der Waals surface area contributed by atoms with Gasteiger partial charge < -0.3 is 4.74 Å². The third-order valence-electron chi connectivity index (χ3n) is 7.04. The molecule has 2 fully saturated rings. The first-order valence-corrected chi connectivity index (χ1v) is 11.9. The first-order chi connectivity index (χ1) is 17.4. The Kier molecular flexibility index (Phi) is 6.46. The van der Waals surface area contributed by atoms with Crippen molar-refractivity contribution < 1.29 is 28.3 Å². The topological polar surface area (TPSA) is 80.8 Å². The number of benzene rings is 3. The van der Waals surface area contributed by atoms with Gasteiger partial charge in [0.2, 0.25) is 11.8 Å². The lowest BCUT2D eigenvalue weighted by atomic mass is 9.73. The number of nitrogens with zero attached hydrogens (tertiary/aromatic N) is 1. The highest BCUT2D eigenvalue weighted by Crippen LogP contribution is 2.45. The van der Waals surface area contributed by atoms with Gasteiger partial charge in [0.15, 0.2) is 12.4 Å². The van der Waals surface area contributed by atoms with E-state index in [9.17, 15) is 23.6 Å². The molecule has 7 heteroatoms. The maximum absolute atomic E-state index is 13.3. The number of imide groups is 1. The van der Waals surface area contributed by atoms with E-state index >= 15 is 0 Å². The number of Topliss-reactive ketones (excluding diaryl/α,β-unsaturated/α-hetero) is 1. The molecule has 0 aromatic heterocycles. The number of hydrogen-bond donors (Lipinski definition) is 0. The molecule has 0 spiro atoms. The number of rotatable bonds is 6. The molecule has 1 saturated heterocycles. The van der Waals surface area contributed by atoms with Crippen molar-refractivity contribution >= 4 is 29.3 Å². The fourth-order valence-electron chi connectivity index (χ4n) is 5.17. The van der Waals surface area contributed by atoms with Gasteiger partial charge in [-0.15, -0.1) is 0 Å². The molecule has 1 aliphatic heterocycles. The van der Waals surface area contributed by atoms with Crippen molar-refractivity contribution in [2.75, 3.05) is 11.5 Å². The maximum atomic E-state index is 13.3. The predicted octanol–water partition coefficient (Wildman–Crippen LogP) is 4.94. The van der Waals surface area contributed by atoms with E-state index < -0.39 is 24.2 Å². The largest absolute Gasteiger partial charge is 0.454 e. The zero-order valence-electron chi connectivity index (χ0n) is 19.4. The smallest absolute Gasteiger partial charge is 0.338 e. The van der Waals surface area contributed by atoms with Gasteiger partial charge in [-0.05, 0) is 73.2 Å². The Morgan fingerprint density at radius 3 is 2.31 bits per heavy atom. The van der Waals surface area contributed by atoms with E-state index in [1.165, 1.54) is 34.7 Å². The van der Waals surface area contributed by atoms with E-state index in [4.69, 9.17) is 4.74 Å². The second-order valence-corrected chi connectivity index (χ2v) is 9.20. The molecule has 1 saturated carbocycles. The SMILES string of the molecule is O=C(COC(=O)c1cccc(N2C(=O)[C@H]3C[C@H](c4ccccc4)CC[C@H]3C2=O)c1)c1ccc(F)cc1. The first-order valence-electron chi connectivity index (χ1n) is 11.9. The van der Waals surface area contributed by atoms with Crippen LogP contribution in [0.3, 0.4) is 0 Å². The van der Waals surface area contributed by atoms with Crippen LogP contribution in [0, 0.1) is 17.7 Å². The Labute approximate surface area is 207 Å². The molecule has 5 rings (SSSR count). The molecule has 0 N–H and O–H groups in total. The van der Waals surface area contributed by atoms with Gasteiger partial charge in [0, 0.05) is 5.56 Å². The fraction of sp³-hybridized carbons (Fsp3) is 0.241. The molecule has 2 aliphatic rings. The Morgan fingerprint density at radius 1 is 0.833 bits per heavy atom. The van der Waals surface area contributed by atoms with Crippen molar-refractivity contribution in [3.63, 3.8) is 0 Å². The summed E-state index contributed by atoms with van der Waals surface area (Å²) >= 11 is 0. The summed E-state index contributed by atoms with van der Waals surface area (Å²) in [5.74, 6) is -2.71. The molecule has 0 bridgehead atoms. The molecular formula is C29H24FNO5. The summed E-state index contributed by atoms with van der Waals surface area (Å²) < 4.78 is 18.2. The van der Waals surface area contributed by atoms with Crippen molar-refractivity contribution in [2.45, 2.75) is 25.2 Å². The molecule has 0 unspecified atom stereocenters. The summed E-state index contributed by atoms with van der Waals surface area (Å²) in [4.78, 5) is 52.5. The molecule has 3 aromatic carbocycles. The van der Waals surface area contributed by atoms with Crippen LogP contribution < -0.4 is 4.90 Å². The Bertz CT molecular complexity index is 1320. The minimum absolute atomic E-state index is 0.122. The molecule has 3 aromatic rings. The number of esters is 1. The molecular weight excluding hydrogens is 461 g/mol. The Morgan fingerprint density at radius 2 is 1.56 bits per heavy atom. The third-order valence-corrected chi connectivity index (χ3v) is 7.04. The number of amides is 2. The highest BCUT2D eigenvalue weighted by molar-refractivity contribution is 6.22. The van der Waals surface area contributed by atoms with Crippen LogP contribution in [0.25, 0.3) is 0 Å². The second kappa shape index (κ2) is 9.85. The number of carbonyl (C=O) groups excluding carboxylic acids is 4. The van der Waals surface area contributed by atoms with E-state index in [0.29, 0.717) is 18.5 Å². The second-order valence-electron chi connectivity index (χ2n) is 9.20. The molecule has 2 amide bonds. The van der Waals surface area contributed by atoms with Crippen LogP contribution in [-0.2, 0) is 14.3 Å². The van der Waals surface area contributed by atoms with Crippen molar-refractivity contribution in [1.82, 2.24) is 0 Å². The number of ketones is 1. The standard InChI is InChI=1S/C29H24FNO5/c30-22-12-9-19(10-13-22)26(32)17-36-29(35)21-7-4-8-23(15-21)31-27(33)24-14-11-20(16-25(24)28(31)34)18-5-2-1-3-6-18/h1-10,12-13,15,20,24-25H,11,14,16-17H2/t20-,24-,25+/m1/s1. The molecule has 36 heavy (non-hydrogen) atoms. The van der Waals surface area contributed by atoms with Gasteiger partial charge in [-0.25, -0.2) is 9.18 Å². The molecule has 182 valence electrons. The van der Waals surface area contributed by atoms with Crippen molar-refractivity contribution in [3.8, 4) is 0 Å². The summed E-state index contributed by atoms with van der Waals surface area (Å²) in [5.41, 5.74) is 1.84. The van der Waals surface area contributed by atoms with E-state index in [-0.39, 0.29) is 40.7 Å². The van der Waals surface area contributed by atoms with E-state index in [0.717, 1.165) is 18.6 Å². The van der Waals surface area contributed by atoms with Crippen molar-refractivity contribution in [1.29, 1.82) is 0 Å². The van der Waals surface area contributed by atoms with Gasteiger partial charge in [0.1, 0.15) is 5.82 Å². The summed E-state index contributed by atoms with van der Waals surface area (Å²) in [6.45, 7) is -0.513. The lowest BCUT2D eigenvalue weighted by Crippen LogP contribution is -2.31. The average Bonchev–Trinajstić information content (AvgIpc) is 3.17. The summed E-state index contributed by atoms with van der Waals surface area (Å²) in [5, 5.41) is 0. The number of halogens is 1. The van der Waals surface area contributed by atoms with Crippen LogP contribution in [0.2, 0.25) is 0 Å². The summed E-state index contributed by atoms with van der Waals surface area (Å²) in [7, 11) is 0. The lowest BCUT2D eigenvalue weighted by Gasteiger charge is -2.28. The van der Waals surface area contributed by atoms with Gasteiger partial charge in [0.25, 0.3) is 0 Å². The number of ether oxygens (including phenoxy) is 1. The number of carbonyl (C=O) groups is 4. The minimum Gasteiger partial charge on any atom is -0.454 e. The Hall–Kier alpha value is -4.13. The average molecular weight is 486 g/mol. The maximum Gasteiger partial charge on any atom is 0.338 e. The van der Waals surface area contributed by atoms with Crippen molar-refractivity contribution in [3.05, 3.63) is 101 Å². The lowest BCUT2D eigenvalue weighted by molar-refractivity contribution is -0.122. The van der Waals surface area contributed by atoms with Gasteiger partial charge in [-0.3, -0.25) is 19.3 Å². The molecule has 1 aliphatic carbocycles. The normalized spacial score (nSPS) is 21.2. The predicted molar refractivity (Wildman–Crippen MR) is 130 cm³/mol. The molecule has 6 nitrogen and oxygen atoms in total. The zero-order chi connectivity index (χ0) is 25.2. The summed E-state index contributed by atoms with van der Waals surface area (Å²) in [6.07, 6.45) is 2.09. The molecule has 1 heterocycles. The van der Waals surface area contributed by atoms with Crippen LogP contribution >= 0.6 is 0 Å². The zero-order valence-corrected chi connectivity index (χ0v) is 19.4. The minimum atomic E-state index is -0.757. The highest BCUT2D eigenvalue weighted by atomic mass is 19.1. The van der Waals surface area contributed by atoms with E-state index in [1.807, 2.05) is 18.2 Å². The summed E-state index contributed by atoms with van der Waals surface area (Å²) in [6, 6.07) is 21.1. The highest BCUT2D eigenvalue weighted by Gasteiger charge is 2.50. The van der Waals surface area contributed by atoms with E-state index in [2.05, 4.69) is 12.1 Å². The number of hydrogen-bond acceptors (Lipinski definition) is 5. The van der Waals surface area contributed by atoms with Crippen LogP contribution in [0.5, 0.6) is 0 Å². The van der Waals surface area contributed by atoms with Crippen LogP contribution in [0.15, 0.2) is 78.9 Å². The molecule has 0 radical (unpaired) electrons. The van der Waals surface area contributed by atoms with Gasteiger partial charge in [0.05, 0.1) is 23.1 Å². The quantitative estimate of drug-likeness (QED) is 0.281.